The van der Waals surface area contributed by atoms with Gasteiger partial charge in [-0.2, -0.15) is 0 Å². The van der Waals surface area contributed by atoms with Crippen molar-refractivity contribution in [2.24, 2.45) is 0 Å². The number of rotatable bonds is 4. The maximum atomic E-state index is 12.0. The Hall–Kier alpha value is -2.66. The van der Waals surface area contributed by atoms with Crippen molar-refractivity contribution in [3.05, 3.63) is 71.3 Å². The Morgan fingerprint density at radius 2 is 1.56 bits per heavy atom. The van der Waals surface area contributed by atoms with Gasteiger partial charge in [0.15, 0.2) is 0 Å². The van der Waals surface area contributed by atoms with Crippen LogP contribution in [-0.2, 0) is 22.4 Å². The maximum Gasteiger partial charge on any atom is 0.309 e. The summed E-state index contributed by atoms with van der Waals surface area (Å²) >= 11 is 0. The van der Waals surface area contributed by atoms with Gasteiger partial charge < -0.3 is 15.7 Å². The number of amides is 2. The van der Waals surface area contributed by atoms with E-state index in [1.165, 1.54) is 0 Å². The lowest BCUT2D eigenvalue weighted by atomic mass is 10.0. The molecule has 0 saturated heterocycles. The molecular formula is C20H22N2O3. The lowest BCUT2D eigenvalue weighted by Crippen LogP contribution is -2.48. The average Bonchev–Trinajstić information content (AvgIpc) is 2.96. The predicted octanol–water partition coefficient (Wildman–Crippen LogP) is 1.51. The second-order valence-electron chi connectivity index (χ2n) is 6.64. The first-order valence-corrected chi connectivity index (χ1v) is 8.40. The van der Waals surface area contributed by atoms with Crippen LogP contribution in [0.5, 0.6) is 0 Å². The lowest BCUT2D eigenvalue weighted by Gasteiger charge is -2.22. The van der Waals surface area contributed by atoms with Crippen molar-refractivity contribution in [2.75, 3.05) is 6.54 Å². The Balaban J connectivity index is 1.52. The fraction of sp³-hybridized carbons (Fsp3) is 0.300. The summed E-state index contributed by atoms with van der Waals surface area (Å²) in [5, 5.41) is 15.9. The fourth-order valence-corrected chi connectivity index (χ4v) is 3.21. The number of fused-ring (bicyclic) bond motifs is 1. The van der Waals surface area contributed by atoms with Crippen LogP contribution in [0.3, 0.4) is 0 Å². The van der Waals surface area contributed by atoms with Crippen LogP contribution in [0.1, 0.15) is 29.7 Å². The van der Waals surface area contributed by atoms with E-state index in [1.54, 1.807) is 0 Å². The van der Waals surface area contributed by atoms with E-state index in [0.717, 1.165) is 16.7 Å². The highest BCUT2D eigenvalue weighted by molar-refractivity contribution is 6.35. The van der Waals surface area contributed by atoms with Gasteiger partial charge in [-0.1, -0.05) is 54.6 Å². The molecule has 0 bridgehead atoms. The number of hydrogen-bond acceptors (Lipinski definition) is 3. The SMILES string of the molecule is C[C@H](NC(=O)C(=O)NCC1(O)Cc2ccccc2C1)c1ccccc1. The fourth-order valence-electron chi connectivity index (χ4n) is 3.21. The van der Waals surface area contributed by atoms with Gasteiger partial charge in [-0.3, -0.25) is 9.59 Å². The first kappa shape index (κ1) is 17.2. The van der Waals surface area contributed by atoms with Gasteiger partial charge in [0, 0.05) is 19.4 Å². The molecule has 3 rings (SSSR count). The summed E-state index contributed by atoms with van der Waals surface area (Å²) in [6.45, 7) is 1.87. The number of carbonyl (C=O) groups is 2. The molecule has 2 aromatic rings. The first-order chi connectivity index (χ1) is 12.0. The number of benzene rings is 2. The van der Waals surface area contributed by atoms with E-state index < -0.39 is 17.4 Å². The average molecular weight is 338 g/mol. The Kier molecular flexibility index (Phi) is 4.86. The van der Waals surface area contributed by atoms with Gasteiger partial charge in [-0.25, -0.2) is 0 Å². The van der Waals surface area contributed by atoms with Crippen LogP contribution in [0.15, 0.2) is 54.6 Å². The molecule has 1 aliphatic rings. The molecule has 2 aromatic carbocycles. The molecule has 5 nitrogen and oxygen atoms in total. The highest BCUT2D eigenvalue weighted by Gasteiger charge is 2.35. The zero-order valence-electron chi connectivity index (χ0n) is 14.2. The standard InChI is InChI=1S/C20H22N2O3/c1-14(15-7-3-2-4-8-15)22-19(24)18(23)21-13-20(25)11-16-9-5-6-10-17(16)12-20/h2-10,14,25H,11-13H2,1H3,(H,21,23)(H,22,24)/t14-/m0/s1. The Bertz CT molecular complexity index is 749. The highest BCUT2D eigenvalue weighted by atomic mass is 16.3. The van der Waals surface area contributed by atoms with Crippen LogP contribution in [0.25, 0.3) is 0 Å². The number of aliphatic hydroxyl groups is 1. The van der Waals surface area contributed by atoms with Crippen molar-refractivity contribution in [3.8, 4) is 0 Å². The quantitative estimate of drug-likeness (QED) is 0.740. The van der Waals surface area contributed by atoms with E-state index in [2.05, 4.69) is 10.6 Å². The van der Waals surface area contributed by atoms with Crippen molar-refractivity contribution < 1.29 is 14.7 Å². The molecule has 0 unspecified atom stereocenters. The third-order valence-corrected chi connectivity index (χ3v) is 4.59. The van der Waals surface area contributed by atoms with Gasteiger partial charge in [0.2, 0.25) is 0 Å². The van der Waals surface area contributed by atoms with Gasteiger partial charge in [-0.05, 0) is 23.6 Å². The zero-order valence-corrected chi connectivity index (χ0v) is 14.2. The number of hydrogen-bond donors (Lipinski definition) is 3. The van der Waals surface area contributed by atoms with Crippen LogP contribution in [0, 0.1) is 0 Å². The molecule has 5 heteroatoms. The molecule has 0 heterocycles. The second-order valence-corrected chi connectivity index (χ2v) is 6.64. The Labute approximate surface area is 147 Å². The van der Waals surface area contributed by atoms with Crippen LogP contribution < -0.4 is 10.6 Å². The molecule has 130 valence electrons. The second kappa shape index (κ2) is 7.07. The van der Waals surface area contributed by atoms with Gasteiger partial charge in [0.1, 0.15) is 0 Å². The largest absolute Gasteiger partial charge is 0.387 e. The Morgan fingerprint density at radius 3 is 2.16 bits per heavy atom. The molecule has 0 aromatic heterocycles. The molecule has 1 aliphatic carbocycles. The van der Waals surface area contributed by atoms with E-state index in [-0.39, 0.29) is 12.6 Å². The van der Waals surface area contributed by atoms with Gasteiger partial charge in [-0.15, -0.1) is 0 Å². The molecule has 0 aliphatic heterocycles. The summed E-state index contributed by atoms with van der Waals surface area (Å²) in [5.41, 5.74) is 2.06. The van der Waals surface area contributed by atoms with Crippen LogP contribution in [-0.4, -0.2) is 29.1 Å². The third kappa shape index (κ3) is 4.06. The van der Waals surface area contributed by atoms with E-state index in [4.69, 9.17) is 0 Å². The normalized spacial score (nSPS) is 15.9. The number of nitrogens with one attached hydrogen (secondary N) is 2. The molecule has 0 radical (unpaired) electrons. The van der Waals surface area contributed by atoms with Gasteiger partial charge in [0.25, 0.3) is 0 Å². The minimum Gasteiger partial charge on any atom is -0.387 e. The van der Waals surface area contributed by atoms with Crippen molar-refractivity contribution in [3.63, 3.8) is 0 Å². The monoisotopic (exact) mass is 338 g/mol. The first-order valence-electron chi connectivity index (χ1n) is 8.40. The molecule has 0 saturated carbocycles. The topological polar surface area (TPSA) is 78.4 Å². The summed E-state index contributed by atoms with van der Waals surface area (Å²) in [4.78, 5) is 24.1. The summed E-state index contributed by atoms with van der Waals surface area (Å²) in [6.07, 6.45) is 0.955. The van der Waals surface area contributed by atoms with Crippen molar-refractivity contribution in [2.45, 2.75) is 31.4 Å². The highest BCUT2D eigenvalue weighted by Crippen LogP contribution is 2.29. The molecule has 25 heavy (non-hydrogen) atoms. The summed E-state index contributed by atoms with van der Waals surface area (Å²) < 4.78 is 0. The maximum absolute atomic E-state index is 12.0. The van der Waals surface area contributed by atoms with Gasteiger partial charge in [0.05, 0.1) is 11.6 Å². The minimum absolute atomic E-state index is 0.0493. The smallest absolute Gasteiger partial charge is 0.309 e. The van der Waals surface area contributed by atoms with E-state index >= 15 is 0 Å². The lowest BCUT2D eigenvalue weighted by molar-refractivity contribution is -0.140. The Morgan fingerprint density at radius 1 is 1.00 bits per heavy atom. The molecule has 0 fully saturated rings. The van der Waals surface area contributed by atoms with Crippen LogP contribution >= 0.6 is 0 Å². The number of carbonyl (C=O) groups excluding carboxylic acids is 2. The summed E-state index contributed by atoms with van der Waals surface area (Å²) in [5.74, 6) is -1.43. The zero-order chi connectivity index (χ0) is 17.9. The summed E-state index contributed by atoms with van der Waals surface area (Å²) in [7, 11) is 0. The van der Waals surface area contributed by atoms with Crippen molar-refractivity contribution in [1.82, 2.24) is 10.6 Å². The van der Waals surface area contributed by atoms with Crippen molar-refractivity contribution >= 4 is 11.8 Å². The molecule has 3 N–H and O–H groups in total. The molecule has 0 spiro atoms. The predicted molar refractivity (Wildman–Crippen MR) is 94.8 cm³/mol. The minimum atomic E-state index is -1.04. The van der Waals surface area contributed by atoms with Crippen LogP contribution in [0.4, 0.5) is 0 Å². The van der Waals surface area contributed by atoms with Crippen molar-refractivity contribution in [1.29, 1.82) is 0 Å². The molecule has 2 amide bonds. The van der Waals surface area contributed by atoms with E-state index in [9.17, 15) is 14.7 Å². The van der Waals surface area contributed by atoms with E-state index in [0.29, 0.717) is 12.8 Å². The van der Waals surface area contributed by atoms with Gasteiger partial charge >= 0.3 is 11.8 Å². The molecule has 1 atom stereocenters. The molecular weight excluding hydrogens is 316 g/mol. The van der Waals surface area contributed by atoms with E-state index in [1.807, 2.05) is 61.5 Å². The third-order valence-electron chi connectivity index (χ3n) is 4.59. The van der Waals surface area contributed by atoms with Crippen LogP contribution in [0.2, 0.25) is 0 Å². The summed E-state index contributed by atoms with van der Waals surface area (Å²) in [6, 6.07) is 17.0.